The predicted octanol–water partition coefficient (Wildman–Crippen LogP) is 1.95. The third-order valence-electron chi connectivity index (χ3n) is 2.38. The van der Waals surface area contributed by atoms with Crippen LogP contribution in [0.3, 0.4) is 0 Å². The summed E-state index contributed by atoms with van der Waals surface area (Å²) in [5.41, 5.74) is 0.326. The fourth-order valence-corrected chi connectivity index (χ4v) is 1.46. The van der Waals surface area contributed by atoms with Crippen molar-refractivity contribution in [1.82, 2.24) is 0 Å². The zero-order chi connectivity index (χ0) is 12.1. The number of para-hydroxylation sites is 2. The SMILES string of the molecule is CCC(C(C)=O)C(=O)Nc1ccccc1O. The number of phenols is 1. The summed E-state index contributed by atoms with van der Waals surface area (Å²) in [4.78, 5) is 22.9. The van der Waals surface area contributed by atoms with Gasteiger partial charge in [-0.2, -0.15) is 0 Å². The van der Waals surface area contributed by atoms with Gasteiger partial charge in [0, 0.05) is 0 Å². The molecule has 2 N–H and O–H groups in total. The Kier molecular flexibility index (Phi) is 4.05. The lowest BCUT2D eigenvalue weighted by atomic mass is 10.0. The minimum absolute atomic E-state index is 0.00532. The minimum Gasteiger partial charge on any atom is -0.506 e. The van der Waals surface area contributed by atoms with E-state index in [9.17, 15) is 14.7 Å². The van der Waals surface area contributed by atoms with Gasteiger partial charge in [0.2, 0.25) is 5.91 Å². The zero-order valence-corrected chi connectivity index (χ0v) is 9.36. The number of Topliss-reactive ketones (excluding diaryl/α,β-unsaturated/α-hetero) is 1. The Balaban J connectivity index is 2.78. The van der Waals surface area contributed by atoms with Gasteiger partial charge >= 0.3 is 0 Å². The lowest BCUT2D eigenvalue weighted by molar-refractivity contribution is -0.129. The molecular formula is C12H15NO3. The van der Waals surface area contributed by atoms with E-state index in [0.717, 1.165) is 0 Å². The number of hydrogen-bond donors (Lipinski definition) is 2. The first-order valence-electron chi connectivity index (χ1n) is 5.15. The van der Waals surface area contributed by atoms with Gasteiger partial charge in [0.05, 0.1) is 11.6 Å². The van der Waals surface area contributed by atoms with Crippen LogP contribution in [0.25, 0.3) is 0 Å². The van der Waals surface area contributed by atoms with Crippen molar-refractivity contribution in [1.29, 1.82) is 0 Å². The molecule has 86 valence electrons. The van der Waals surface area contributed by atoms with E-state index >= 15 is 0 Å². The van der Waals surface area contributed by atoms with E-state index in [1.807, 2.05) is 0 Å². The summed E-state index contributed by atoms with van der Waals surface area (Å²) >= 11 is 0. The average molecular weight is 221 g/mol. The highest BCUT2D eigenvalue weighted by Crippen LogP contribution is 2.22. The summed E-state index contributed by atoms with van der Waals surface area (Å²) in [7, 11) is 0. The largest absolute Gasteiger partial charge is 0.506 e. The first-order valence-corrected chi connectivity index (χ1v) is 5.15. The normalized spacial score (nSPS) is 11.9. The topological polar surface area (TPSA) is 66.4 Å². The van der Waals surface area contributed by atoms with Crippen LogP contribution in [0.4, 0.5) is 5.69 Å². The van der Waals surface area contributed by atoms with E-state index in [1.165, 1.54) is 13.0 Å². The number of ketones is 1. The Morgan fingerprint density at radius 2 is 2.00 bits per heavy atom. The third kappa shape index (κ3) is 2.82. The maximum atomic E-state index is 11.7. The Hall–Kier alpha value is -1.84. The number of phenolic OH excluding ortho intramolecular Hbond substituents is 1. The molecular weight excluding hydrogens is 206 g/mol. The van der Waals surface area contributed by atoms with Gasteiger partial charge in [-0.05, 0) is 25.5 Å². The molecule has 4 nitrogen and oxygen atoms in total. The second kappa shape index (κ2) is 5.30. The highest BCUT2D eigenvalue weighted by molar-refractivity contribution is 6.06. The van der Waals surface area contributed by atoms with Crippen LogP contribution in [0.5, 0.6) is 5.75 Å². The summed E-state index contributed by atoms with van der Waals surface area (Å²) in [6.07, 6.45) is 0.453. The summed E-state index contributed by atoms with van der Waals surface area (Å²) in [5.74, 6) is -1.21. The van der Waals surface area contributed by atoms with Crippen LogP contribution in [0.1, 0.15) is 20.3 Å². The highest BCUT2D eigenvalue weighted by Gasteiger charge is 2.21. The molecule has 1 rings (SSSR count). The summed E-state index contributed by atoms with van der Waals surface area (Å²) < 4.78 is 0. The molecule has 0 aromatic heterocycles. The van der Waals surface area contributed by atoms with Crippen LogP contribution < -0.4 is 5.32 Å². The molecule has 4 heteroatoms. The van der Waals surface area contributed by atoms with Gasteiger partial charge in [-0.25, -0.2) is 0 Å². The molecule has 0 bridgehead atoms. The van der Waals surface area contributed by atoms with E-state index < -0.39 is 5.92 Å². The molecule has 16 heavy (non-hydrogen) atoms. The highest BCUT2D eigenvalue weighted by atomic mass is 16.3. The molecule has 0 aliphatic rings. The molecule has 1 atom stereocenters. The van der Waals surface area contributed by atoms with Crippen molar-refractivity contribution in [2.24, 2.45) is 5.92 Å². The Morgan fingerprint density at radius 3 is 2.50 bits per heavy atom. The molecule has 0 saturated carbocycles. The first-order chi connectivity index (χ1) is 7.56. The van der Waals surface area contributed by atoms with Crippen molar-refractivity contribution in [3.63, 3.8) is 0 Å². The van der Waals surface area contributed by atoms with Gasteiger partial charge < -0.3 is 10.4 Å². The van der Waals surface area contributed by atoms with Gasteiger partial charge in [0.25, 0.3) is 0 Å². The van der Waals surface area contributed by atoms with Crippen molar-refractivity contribution in [2.45, 2.75) is 20.3 Å². The van der Waals surface area contributed by atoms with E-state index in [0.29, 0.717) is 12.1 Å². The molecule has 0 radical (unpaired) electrons. The van der Waals surface area contributed by atoms with Gasteiger partial charge in [0.15, 0.2) is 0 Å². The second-order valence-electron chi connectivity index (χ2n) is 3.58. The van der Waals surface area contributed by atoms with Gasteiger partial charge in [-0.15, -0.1) is 0 Å². The number of rotatable bonds is 4. The fourth-order valence-electron chi connectivity index (χ4n) is 1.46. The van der Waals surface area contributed by atoms with E-state index in [2.05, 4.69) is 5.32 Å². The van der Waals surface area contributed by atoms with E-state index in [-0.39, 0.29) is 17.4 Å². The number of hydrogen-bond acceptors (Lipinski definition) is 3. The molecule has 1 unspecified atom stereocenters. The number of carbonyl (C=O) groups is 2. The molecule has 0 aliphatic heterocycles. The number of amides is 1. The molecule has 1 aromatic carbocycles. The summed E-state index contributed by atoms with van der Waals surface area (Å²) in [5, 5.41) is 12.0. The molecule has 0 saturated heterocycles. The lowest BCUT2D eigenvalue weighted by Gasteiger charge is -2.12. The molecule has 0 fully saturated rings. The number of benzene rings is 1. The lowest BCUT2D eigenvalue weighted by Crippen LogP contribution is -2.27. The van der Waals surface area contributed by atoms with Crippen molar-refractivity contribution in [3.05, 3.63) is 24.3 Å². The molecule has 0 spiro atoms. The van der Waals surface area contributed by atoms with Crippen LogP contribution in [0.15, 0.2) is 24.3 Å². The van der Waals surface area contributed by atoms with Crippen LogP contribution in [-0.4, -0.2) is 16.8 Å². The van der Waals surface area contributed by atoms with Crippen molar-refractivity contribution < 1.29 is 14.7 Å². The van der Waals surface area contributed by atoms with Gasteiger partial charge in [-0.3, -0.25) is 9.59 Å². The number of nitrogens with one attached hydrogen (secondary N) is 1. The quantitative estimate of drug-likeness (QED) is 0.603. The van der Waals surface area contributed by atoms with Crippen molar-refractivity contribution >= 4 is 17.4 Å². The van der Waals surface area contributed by atoms with Crippen LogP contribution in [-0.2, 0) is 9.59 Å². The second-order valence-corrected chi connectivity index (χ2v) is 3.58. The van der Waals surface area contributed by atoms with Gasteiger partial charge in [0.1, 0.15) is 11.5 Å². The van der Waals surface area contributed by atoms with E-state index in [1.54, 1.807) is 25.1 Å². The zero-order valence-electron chi connectivity index (χ0n) is 9.36. The molecule has 0 aliphatic carbocycles. The monoisotopic (exact) mass is 221 g/mol. The maximum absolute atomic E-state index is 11.7. The smallest absolute Gasteiger partial charge is 0.235 e. The number of carbonyl (C=O) groups excluding carboxylic acids is 2. The summed E-state index contributed by atoms with van der Waals surface area (Å²) in [6, 6.07) is 6.42. The average Bonchev–Trinajstić information content (AvgIpc) is 2.22. The molecule has 0 heterocycles. The third-order valence-corrected chi connectivity index (χ3v) is 2.38. The summed E-state index contributed by atoms with van der Waals surface area (Å²) in [6.45, 7) is 3.16. The van der Waals surface area contributed by atoms with Gasteiger partial charge in [-0.1, -0.05) is 19.1 Å². The molecule has 1 amide bonds. The van der Waals surface area contributed by atoms with Crippen LogP contribution >= 0.6 is 0 Å². The number of aromatic hydroxyl groups is 1. The molecule has 1 aromatic rings. The van der Waals surface area contributed by atoms with Crippen molar-refractivity contribution in [3.8, 4) is 5.75 Å². The Labute approximate surface area is 94.3 Å². The Morgan fingerprint density at radius 1 is 1.38 bits per heavy atom. The Bertz CT molecular complexity index is 401. The predicted molar refractivity (Wildman–Crippen MR) is 61.2 cm³/mol. The minimum atomic E-state index is -0.653. The first kappa shape index (κ1) is 12.2. The maximum Gasteiger partial charge on any atom is 0.235 e. The van der Waals surface area contributed by atoms with Crippen LogP contribution in [0.2, 0.25) is 0 Å². The number of anilines is 1. The van der Waals surface area contributed by atoms with E-state index in [4.69, 9.17) is 0 Å². The fraction of sp³-hybridized carbons (Fsp3) is 0.333. The van der Waals surface area contributed by atoms with Crippen molar-refractivity contribution in [2.75, 3.05) is 5.32 Å². The van der Waals surface area contributed by atoms with Crippen LogP contribution in [0, 0.1) is 5.92 Å². The standard InChI is InChI=1S/C12H15NO3/c1-3-9(8(2)14)12(16)13-10-6-4-5-7-11(10)15/h4-7,9,15H,3H2,1-2H3,(H,13,16).